The topological polar surface area (TPSA) is 78.4 Å². The molecule has 0 unspecified atom stereocenters. The molecule has 8 heteroatoms. The van der Waals surface area contributed by atoms with Gasteiger partial charge < -0.3 is 10.4 Å². The summed E-state index contributed by atoms with van der Waals surface area (Å²) in [5, 5.41) is 10.8. The van der Waals surface area contributed by atoms with E-state index in [1.165, 1.54) is 24.3 Å². The fraction of sp³-hybridized carbons (Fsp3) is 0.455. The Balaban J connectivity index is 2.97. The molecule has 0 saturated carbocycles. The van der Waals surface area contributed by atoms with Crippen molar-refractivity contribution in [2.24, 2.45) is 0 Å². The van der Waals surface area contributed by atoms with Crippen LogP contribution in [0.1, 0.15) is 6.92 Å². The molecule has 19 heavy (non-hydrogen) atoms. The van der Waals surface area contributed by atoms with Gasteiger partial charge in [-0.2, -0.15) is 0 Å². The van der Waals surface area contributed by atoms with E-state index in [0.717, 1.165) is 0 Å². The van der Waals surface area contributed by atoms with Crippen LogP contribution >= 0.6 is 0 Å². The van der Waals surface area contributed by atoms with Crippen molar-refractivity contribution in [2.75, 3.05) is 25.0 Å². The Morgan fingerprint density at radius 2 is 1.95 bits per heavy atom. The van der Waals surface area contributed by atoms with Gasteiger partial charge in [0.1, 0.15) is 11.5 Å². The molecular weight excluding hydrogens is 278 g/mol. The number of para-hydroxylation sites is 1. The number of hydrogen-bond donors (Lipinski definition) is 3. The van der Waals surface area contributed by atoms with Crippen LogP contribution in [0.2, 0.25) is 0 Å². The summed E-state index contributed by atoms with van der Waals surface area (Å²) in [7, 11) is -3.74. The molecule has 0 bridgehead atoms. The highest BCUT2D eigenvalue weighted by atomic mass is 32.2. The maximum Gasteiger partial charge on any atom is 0.287 e. The highest BCUT2D eigenvalue weighted by Crippen LogP contribution is 2.22. The Hall–Kier alpha value is -1.25. The number of rotatable bonds is 7. The van der Waals surface area contributed by atoms with Gasteiger partial charge in [-0.15, -0.1) is 0 Å². The molecule has 108 valence electrons. The van der Waals surface area contributed by atoms with Crippen molar-refractivity contribution < 1.29 is 22.3 Å². The van der Waals surface area contributed by atoms with Crippen LogP contribution in [-0.4, -0.2) is 39.1 Å². The summed E-state index contributed by atoms with van der Waals surface area (Å²) in [6, 6.07) is 5.74. The van der Waals surface area contributed by atoms with Gasteiger partial charge in [0.15, 0.2) is 0 Å². The van der Waals surface area contributed by atoms with Crippen LogP contribution in [0.3, 0.4) is 0 Å². The van der Waals surface area contributed by atoms with E-state index in [9.17, 15) is 17.2 Å². The van der Waals surface area contributed by atoms with E-state index in [-0.39, 0.29) is 17.1 Å². The summed E-state index contributed by atoms with van der Waals surface area (Å²) < 4.78 is 51.9. The molecule has 0 aliphatic carbocycles. The summed E-state index contributed by atoms with van der Waals surface area (Å²) in [5.74, 6) is -3.31. The van der Waals surface area contributed by atoms with Gasteiger partial charge in [0.25, 0.3) is 5.92 Å². The number of aliphatic hydroxyl groups is 1. The Bertz CT molecular complexity index is 520. The first kappa shape index (κ1) is 15.8. The number of nitrogens with one attached hydrogen (secondary N) is 2. The largest absolute Gasteiger partial charge is 0.390 e. The van der Waals surface area contributed by atoms with Gasteiger partial charge >= 0.3 is 0 Å². The van der Waals surface area contributed by atoms with Gasteiger partial charge in [0.2, 0.25) is 10.0 Å². The first-order valence-electron chi connectivity index (χ1n) is 5.63. The molecule has 1 aromatic rings. The highest BCUT2D eigenvalue weighted by molar-refractivity contribution is 7.89. The van der Waals surface area contributed by atoms with Crippen molar-refractivity contribution in [3.05, 3.63) is 24.3 Å². The Morgan fingerprint density at radius 3 is 2.53 bits per heavy atom. The quantitative estimate of drug-likeness (QED) is 0.702. The molecule has 0 spiro atoms. The standard InChI is InChI=1S/C11H16F2N2O3S/c1-2-15-19(17,18)10-6-4-3-5-9(10)14-7-11(12,13)8-16/h3-6,14-16H,2,7-8H2,1H3. The molecule has 0 radical (unpaired) electrons. The minimum Gasteiger partial charge on any atom is -0.390 e. The lowest BCUT2D eigenvalue weighted by atomic mass is 10.3. The summed E-state index contributed by atoms with van der Waals surface area (Å²) in [6.45, 7) is -0.332. The number of benzene rings is 1. The predicted octanol–water partition coefficient (Wildman–Crippen LogP) is 1.02. The second kappa shape index (κ2) is 6.27. The minimum absolute atomic E-state index is 0.0663. The van der Waals surface area contributed by atoms with E-state index in [4.69, 9.17) is 5.11 Å². The maximum atomic E-state index is 12.9. The molecule has 5 nitrogen and oxygen atoms in total. The molecule has 0 saturated heterocycles. The fourth-order valence-electron chi connectivity index (χ4n) is 1.40. The average molecular weight is 294 g/mol. The molecule has 0 aliphatic rings. The summed E-state index contributed by atoms with van der Waals surface area (Å²) in [5.41, 5.74) is 0.0663. The molecule has 1 aromatic carbocycles. The molecule has 1 rings (SSSR count). The molecular formula is C11H16F2N2O3S. The van der Waals surface area contributed by atoms with Crippen LogP contribution in [0, 0.1) is 0 Å². The second-order valence-corrected chi connectivity index (χ2v) is 5.60. The Labute approximate surface area is 110 Å². The smallest absolute Gasteiger partial charge is 0.287 e. The number of alkyl halides is 2. The fourth-order valence-corrected chi connectivity index (χ4v) is 2.62. The van der Waals surface area contributed by atoms with Gasteiger partial charge in [-0.05, 0) is 12.1 Å². The van der Waals surface area contributed by atoms with Gasteiger partial charge in [0, 0.05) is 6.54 Å². The molecule has 0 aliphatic heterocycles. The van der Waals surface area contributed by atoms with Crippen molar-refractivity contribution in [3.63, 3.8) is 0 Å². The lowest BCUT2D eigenvalue weighted by Crippen LogP contribution is -2.32. The van der Waals surface area contributed by atoms with E-state index < -0.39 is 29.1 Å². The zero-order chi connectivity index (χ0) is 14.5. The van der Waals surface area contributed by atoms with Crippen molar-refractivity contribution in [1.29, 1.82) is 0 Å². The molecule has 0 heterocycles. The van der Waals surface area contributed by atoms with Crippen molar-refractivity contribution in [2.45, 2.75) is 17.7 Å². The second-order valence-electron chi connectivity index (χ2n) is 3.87. The van der Waals surface area contributed by atoms with Crippen molar-refractivity contribution in [1.82, 2.24) is 4.72 Å². The molecule has 0 atom stereocenters. The predicted molar refractivity (Wildman–Crippen MR) is 67.8 cm³/mol. The summed E-state index contributed by atoms with van der Waals surface area (Å²) >= 11 is 0. The molecule has 0 fully saturated rings. The van der Waals surface area contributed by atoms with E-state index in [1.807, 2.05) is 0 Å². The summed E-state index contributed by atoms with van der Waals surface area (Å²) in [6.07, 6.45) is 0. The first-order valence-corrected chi connectivity index (χ1v) is 7.12. The number of hydrogen-bond acceptors (Lipinski definition) is 4. The maximum absolute atomic E-state index is 12.9. The Morgan fingerprint density at radius 1 is 1.32 bits per heavy atom. The Kier molecular flexibility index (Phi) is 5.21. The number of aliphatic hydroxyl groups excluding tert-OH is 1. The molecule has 3 N–H and O–H groups in total. The monoisotopic (exact) mass is 294 g/mol. The van der Waals surface area contributed by atoms with Gasteiger partial charge in [-0.25, -0.2) is 21.9 Å². The first-order chi connectivity index (χ1) is 8.82. The van der Waals surface area contributed by atoms with Crippen LogP contribution in [0.15, 0.2) is 29.2 Å². The number of anilines is 1. The van der Waals surface area contributed by atoms with Gasteiger partial charge in [-0.3, -0.25) is 0 Å². The normalized spacial score (nSPS) is 12.4. The van der Waals surface area contributed by atoms with Crippen LogP contribution in [0.5, 0.6) is 0 Å². The third-order valence-corrected chi connectivity index (χ3v) is 3.88. The van der Waals surface area contributed by atoms with E-state index >= 15 is 0 Å². The van der Waals surface area contributed by atoms with Crippen molar-refractivity contribution >= 4 is 15.7 Å². The number of halogens is 2. The van der Waals surface area contributed by atoms with Crippen LogP contribution in [-0.2, 0) is 10.0 Å². The van der Waals surface area contributed by atoms with Crippen LogP contribution in [0.4, 0.5) is 14.5 Å². The van der Waals surface area contributed by atoms with Crippen LogP contribution in [0.25, 0.3) is 0 Å². The zero-order valence-electron chi connectivity index (χ0n) is 10.4. The van der Waals surface area contributed by atoms with E-state index in [1.54, 1.807) is 6.92 Å². The highest BCUT2D eigenvalue weighted by Gasteiger charge is 2.28. The van der Waals surface area contributed by atoms with E-state index in [0.29, 0.717) is 0 Å². The third kappa shape index (κ3) is 4.41. The lowest BCUT2D eigenvalue weighted by Gasteiger charge is -2.17. The van der Waals surface area contributed by atoms with Gasteiger partial charge in [-0.1, -0.05) is 19.1 Å². The average Bonchev–Trinajstić information content (AvgIpc) is 2.37. The lowest BCUT2D eigenvalue weighted by molar-refractivity contribution is -0.0373. The summed E-state index contributed by atoms with van der Waals surface area (Å²) in [4.78, 5) is -0.106. The van der Waals surface area contributed by atoms with Crippen LogP contribution < -0.4 is 10.0 Å². The SMILES string of the molecule is CCNS(=O)(=O)c1ccccc1NCC(F)(F)CO. The van der Waals surface area contributed by atoms with E-state index in [2.05, 4.69) is 10.0 Å². The number of sulfonamides is 1. The zero-order valence-corrected chi connectivity index (χ0v) is 11.2. The van der Waals surface area contributed by atoms with Crippen molar-refractivity contribution in [3.8, 4) is 0 Å². The van der Waals surface area contributed by atoms with Gasteiger partial charge in [0.05, 0.1) is 12.2 Å². The molecule has 0 aromatic heterocycles. The minimum atomic E-state index is -3.74. The third-order valence-electron chi connectivity index (χ3n) is 2.28. The molecule has 0 amide bonds.